The van der Waals surface area contributed by atoms with Crippen molar-refractivity contribution in [3.05, 3.63) is 88.9 Å². The van der Waals surface area contributed by atoms with E-state index in [2.05, 4.69) is 41.5 Å². The number of ether oxygens (including phenoxy) is 1. The van der Waals surface area contributed by atoms with Crippen LogP contribution in [0.4, 0.5) is 5.69 Å². The van der Waals surface area contributed by atoms with Crippen molar-refractivity contribution >= 4 is 23.1 Å². The van der Waals surface area contributed by atoms with Crippen molar-refractivity contribution in [2.24, 2.45) is 0 Å². The number of amides is 1. The Morgan fingerprint density at radius 1 is 0.973 bits per heavy atom. The molecule has 0 spiro atoms. The van der Waals surface area contributed by atoms with Crippen molar-refractivity contribution in [2.75, 3.05) is 11.5 Å². The number of Topliss-reactive ketones (excluding diaryl/α,β-unsaturated/α-hetero) is 1. The second-order valence-corrected chi connectivity index (χ2v) is 11.4. The highest BCUT2D eigenvalue weighted by molar-refractivity contribution is 6.51. The lowest BCUT2D eigenvalue weighted by Gasteiger charge is -2.25. The van der Waals surface area contributed by atoms with E-state index >= 15 is 0 Å². The molecule has 37 heavy (non-hydrogen) atoms. The molecule has 1 aromatic heterocycles. The molecule has 2 heterocycles. The van der Waals surface area contributed by atoms with Crippen LogP contribution in [0, 0.1) is 0 Å². The molecular formula is C31H35NO5. The van der Waals surface area contributed by atoms with Gasteiger partial charge in [0.1, 0.15) is 23.3 Å². The minimum Gasteiger partial charge on any atom is -0.507 e. The van der Waals surface area contributed by atoms with Crippen LogP contribution in [0.3, 0.4) is 0 Å². The minimum absolute atomic E-state index is 0.0103. The zero-order chi connectivity index (χ0) is 27.1. The van der Waals surface area contributed by atoms with Gasteiger partial charge in [-0.3, -0.25) is 14.5 Å². The average Bonchev–Trinajstić information content (AvgIpc) is 3.45. The van der Waals surface area contributed by atoms with Crippen LogP contribution in [0.2, 0.25) is 0 Å². The molecule has 2 aromatic carbocycles. The van der Waals surface area contributed by atoms with E-state index in [1.54, 1.807) is 24.3 Å². The summed E-state index contributed by atoms with van der Waals surface area (Å²) in [6.07, 6.45) is 1.49. The molecule has 0 saturated carbocycles. The zero-order valence-corrected chi connectivity index (χ0v) is 22.6. The maximum atomic E-state index is 13.4. The number of nitrogens with zero attached hydrogens (tertiary/aromatic N) is 1. The average molecular weight is 502 g/mol. The summed E-state index contributed by atoms with van der Waals surface area (Å²) in [4.78, 5) is 28.2. The van der Waals surface area contributed by atoms with Crippen molar-refractivity contribution < 1.29 is 23.8 Å². The topological polar surface area (TPSA) is 80.0 Å². The molecular weight excluding hydrogens is 466 g/mol. The maximum absolute atomic E-state index is 13.4. The number of aliphatic hydroxyl groups is 1. The van der Waals surface area contributed by atoms with Gasteiger partial charge in [0.05, 0.1) is 18.4 Å². The van der Waals surface area contributed by atoms with Gasteiger partial charge in [-0.1, -0.05) is 53.7 Å². The Morgan fingerprint density at radius 3 is 2.19 bits per heavy atom. The Morgan fingerprint density at radius 2 is 1.65 bits per heavy atom. The van der Waals surface area contributed by atoms with Gasteiger partial charge in [-0.25, -0.2) is 0 Å². The van der Waals surface area contributed by atoms with Gasteiger partial charge in [-0.05, 0) is 65.8 Å². The first-order valence-electron chi connectivity index (χ1n) is 12.6. The molecule has 0 bridgehead atoms. The van der Waals surface area contributed by atoms with E-state index in [-0.39, 0.29) is 22.2 Å². The predicted molar refractivity (Wildman–Crippen MR) is 145 cm³/mol. The summed E-state index contributed by atoms with van der Waals surface area (Å²) in [5, 5.41) is 11.5. The van der Waals surface area contributed by atoms with Gasteiger partial charge in [-0.15, -0.1) is 0 Å². The van der Waals surface area contributed by atoms with Crippen molar-refractivity contribution in [1.29, 1.82) is 0 Å². The summed E-state index contributed by atoms with van der Waals surface area (Å²) in [5.41, 5.74) is 2.63. The zero-order valence-electron chi connectivity index (χ0n) is 22.6. The van der Waals surface area contributed by atoms with Gasteiger partial charge < -0.3 is 14.3 Å². The highest BCUT2D eigenvalue weighted by Gasteiger charge is 2.48. The number of benzene rings is 2. The molecule has 6 nitrogen and oxygen atoms in total. The Bertz CT molecular complexity index is 1340. The van der Waals surface area contributed by atoms with E-state index in [0.717, 1.165) is 11.1 Å². The quantitative estimate of drug-likeness (QED) is 0.234. The molecule has 1 N–H and O–H groups in total. The maximum Gasteiger partial charge on any atom is 0.300 e. The molecule has 1 aliphatic heterocycles. The Hall–Kier alpha value is -3.80. The van der Waals surface area contributed by atoms with Crippen molar-refractivity contribution in [1.82, 2.24) is 0 Å². The van der Waals surface area contributed by atoms with Crippen LogP contribution in [-0.2, 0) is 20.4 Å². The van der Waals surface area contributed by atoms with E-state index < -0.39 is 17.7 Å². The summed E-state index contributed by atoms with van der Waals surface area (Å²) in [6.45, 7) is 14.9. The largest absolute Gasteiger partial charge is 0.507 e. The number of hydrogen-bond donors (Lipinski definition) is 1. The fraction of sp³-hybridized carbons (Fsp3) is 0.355. The lowest BCUT2D eigenvalue weighted by molar-refractivity contribution is -0.132. The summed E-state index contributed by atoms with van der Waals surface area (Å²) in [7, 11) is 0. The van der Waals surface area contributed by atoms with Gasteiger partial charge in [0, 0.05) is 16.8 Å². The normalized spacial score (nSPS) is 17.9. The first-order valence-corrected chi connectivity index (χ1v) is 12.6. The third kappa shape index (κ3) is 4.93. The van der Waals surface area contributed by atoms with Crippen molar-refractivity contribution in [3.63, 3.8) is 0 Å². The second-order valence-electron chi connectivity index (χ2n) is 11.4. The van der Waals surface area contributed by atoms with Crippen molar-refractivity contribution in [3.8, 4) is 5.75 Å². The van der Waals surface area contributed by atoms with E-state index in [0.29, 0.717) is 29.4 Å². The molecule has 194 valence electrons. The van der Waals surface area contributed by atoms with Gasteiger partial charge in [0.15, 0.2) is 0 Å². The highest BCUT2D eigenvalue weighted by Crippen LogP contribution is 2.43. The molecule has 1 saturated heterocycles. The van der Waals surface area contributed by atoms with Crippen LogP contribution in [0.25, 0.3) is 5.76 Å². The molecule has 0 radical (unpaired) electrons. The monoisotopic (exact) mass is 501 g/mol. The van der Waals surface area contributed by atoms with Gasteiger partial charge >= 0.3 is 0 Å². The SMILES string of the molecule is CCOc1ccc(/C(O)=C2/C(=O)C(=O)N(c3ccc(C(C)(C)C)cc3)C2c2ccco2)cc1C(C)(C)C. The van der Waals surface area contributed by atoms with Crippen LogP contribution < -0.4 is 9.64 Å². The van der Waals surface area contributed by atoms with E-state index in [9.17, 15) is 14.7 Å². The smallest absolute Gasteiger partial charge is 0.300 e. The lowest BCUT2D eigenvalue weighted by Crippen LogP contribution is -2.29. The van der Waals surface area contributed by atoms with Gasteiger partial charge in [0.25, 0.3) is 11.7 Å². The van der Waals surface area contributed by atoms with Crippen LogP contribution in [0.15, 0.2) is 70.9 Å². The second kappa shape index (κ2) is 9.58. The van der Waals surface area contributed by atoms with Crippen LogP contribution in [0.5, 0.6) is 5.75 Å². The number of carbonyl (C=O) groups is 2. The molecule has 6 heteroatoms. The number of furan rings is 1. The number of rotatable bonds is 5. The molecule has 3 aromatic rings. The first-order chi connectivity index (χ1) is 17.3. The first kappa shape index (κ1) is 26.3. The number of aliphatic hydroxyl groups excluding tert-OH is 1. The van der Waals surface area contributed by atoms with Gasteiger partial charge in [0.2, 0.25) is 0 Å². The molecule has 4 rings (SSSR count). The Kier molecular flexibility index (Phi) is 6.80. The fourth-order valence-corrected chi connectivity index (χ4v) is 4.64. The molecule has 1 unspecified atom stereocenters. The highest BCUT2D eigenvalue weighted by atomic mass is 16.5. The molecule has 1 aliphatic rings. The predicted octanol–water partition coefficient (Wildman–Crippen LogP) is 6.90. The molecule has 1 atom stereocenters. The van der Waals surface area contributed by atoms with Crippen LogP contribution >= 0.6 is 0 Å². The minimum atomic E-state index is -0.903. The number of hydrogen-bond acceptors (Lipinski definition) is 5. The molecule has 1 fully saturated rings. The van der Waals surface area contributed by atoms with Crippen molar-refractivity contribution in [2.45, 2.75) is 65.3 Å². The van der Waals surface area contributed by atoms with E-state index in [1.807, 2.05) is 37.3 Å². The van der Waals surface area contributed by atoms with Crippen LogP contribution in [-0.4, -0.2) is 23.4 Å². The Balaban J connectivity index is 1.88. The van der Waals surface area contributed by atoms with Gasteiger partial charge in [-0.2, -0.15) is 0 Å². The molecule has 1 amide bonds. The van der Waals surface area contributed by atoms with Crippen LogP contribution in [0.1, 0.15) is 77.0 Å². The summed E-state index contributed by atoms with van der Waals surface area (Å²) < 4.78 is 11.5. The summed E-state index contributed by atoms with van der Waals surface area (Å²) in [5.74, 6) is -0.614. The third-order valence-electron chi connectivity index (χ3n) is 6.63. The third-order valence-corrected chi connectivity index (χ3v) is 6.63. The van der Waals surface area contributed by atoms with E-state index in [1.165, 1.54) is 11.2 Å². The number of anilines is 1. The standard InChI is InChI=1S/C31H35NO5/c1-8-36-23-16-11-19(18-22(23)31(5,6)7)27(33)25-26(24-10-9-17-37-24)32(29(35)28(25)34)21-14-12-20(13-15-21)30(2,3)4/h9-18,26,33H,8H2,1-7H3/b27-25-. The lowest BCUT2D eigenvalue weighted by atomic mass is 9.84. The van der Waals surface area contributed by atoms with E-state index in [4.69, 9.17) is 9.15 Å². The number of carbonyl (C=O) groups excluding carboxylic acids is 2. The number of ketones is 1. The summed E-state index contributed by atoms with van der Waals surface area (Å²) >= 11 is 0. The fourth-order valence-electron chi connectivity index (χ4n) is 4.64. The molecule has 0 aliphatic carbocycles. The summed E-state index contributed by atoms with van der Waals surface area (Å²) in [6, 6.07) is 15.4. The Labute approximate surface area is 218 Å².